The van der Waals surface area contributed by atoms with E-state index in [2.05, 4.69) is 4.74 Å². The number of alkyl halides is 1. The van der Waals surface area contributed by atoms with Gasteiger partial charge in [0, 0.05) is 6.07 Å². The lowest BCUT2D eigenvalue weighted by Gasteiger charge is -2.10. The Labute approximate surface area is 102 Å². The van der Waals surface area contributed by atoms with Gasteiger partial charge in [0.25, 0.3) is 0 Å². The molecular formula is C12H11FO5. The summed E-state index contributed by atoms with van der Waals surface area (Å²) in [4.78, 5) is 22.3. The van der Waals surface area contributed by atoms with Crippen LogP contribution in [0.15, 0.2) is 18.2 Å². The summed E-state index contributed by atoms with van der Waals surface area (Å²) in [6.07, 6.45) is -2.19. The van der Waals surface area contributed by atoms with Gasteiger partial charge in [0.1, 0.15) is 11.5 Å². The fraction of sp³-hybridized carbons (Fsp3) is 0.333. The van der Waals surface area contributed by atoms with Crippen molar-refractivity contribution in [3.05, 3.63) is 23.8 Å². The normalized spacial score (nSPS) is 14.7. The molecule has 96 valence electrons. The van der Waals surface area contributed by atoms with Crippen molar-refractivity contribution in [2.75, 3.05) is 13.2 Å². The van der Waals surface area contributed by atoms with Crippen LogP contribution in [0.3, 0.4) is 0 Å². The van der Waals surface area contributed by atoms with Gasteiger partial charge in [-0.2, -0.15) is 4.39 Å². The summed E-state index contributed by atoms with van der Waals surface area (Å²) in [5.74, 6) is -0.800. The van der Waals surface area contributed by atoms with Gasteiger partial charge in [-0.25, -0.2) is 4.79 Å². The number of carbonyl (C=O) groups is 2. The number of halogens is 1. The highest BCUT2D eigenvalue weighted by Gasteiger charge is 2.24. The molecule has 0 spiro atoms. The Hall–Kier alpha value is -2.11. The van der Waals surface area contributed by atoms with E-state index < -0.39 is 12.3 Å². The van der Waals surface area contributed by atoms with Gasteiger partial charge in [-0.3, -0.25) is 4.79 Å². The number of Topliss-reactive ketones (excluding diaryl/α,β-unsaturated/α-hetero) is 1. The molecule has 1 atom stereocenters. The van der Waals surface area contributed by atoms with Crippen LogP contribution < -0.4 is 9.47 Å². The topological polar surface area (TPSA) is 61.8 Å². The van der Waals surface area contributed by atoms with Gasteiger partial charge in [0.05, 0.1) is 12.2 Å². The Bertz CT molecular complexity index is 485. The molecule has 18 heavy (non-hydrogen) atoms. The van der Waals surface area contributed by atoms with Gasteiger partial charge in [-0.15, -0.1) is 0 Å². The summed E-state index contributed by atoms with van der Waals surface area (Å²) in [7, 11) is 0. The maximum absolute atomic E-state index is 13.3. The number of ketones is 1. The molecule has 1 unspecified atom stereocenters. The van der Waals surface area contributed by atoms with Gasteiger partial charge < -0.3 is 14.2 Å². The van der Waals surface area contributed by atoms with Crippen molar-refractivity contribution >= 4 is 11.8 Å². The lowest BCUT2D eigenvalue weighted by Crippen LogP contribution is -2.24. The van der Waals surface area contributed by atoms with Crippen molar-refractivity contribution in [2.45, 2.75) is 13.3 Å². The lowest BCUT2D eigenvalue weighted by molar-refractivity contribution is -0.159. The molecule has 1 aromatic carbocycles. The van der Waals surface area contributed by atoms with Crippen molar-refractivity contribution in [2.24, 2.45) is 0 Å². The lowest BCUT2D eigenvalue weighted by atomic mass is 10.1. The number of fused-ring (bicyclic) bond motifs is 1. The maximum atomic E-state index is 13.3. The van der Waals surface area contributed by atoms with Crippen LogP contribution in [-0.2, 0) is 9.53 Å². The van der Waals surface area contributed by atoms with Crippen LogP contribution in [0, 0.1) is 0 Å². The number of benzene rings is 1. The third-order valence-electron chi connectivity index (χ3n) is 2.32. The third kappa shape index (κ3) is 2.42. The van der Waals surface area contributed by atoms with E-state index in [0.717, 1.165) is 0 Å². The van der Waals surface area contributed by atoms with Crippen molar-refractivity contribution in [3.63, 3.8) is 0 Å². The summed E-state index contributed by atoms with van der Waals surface area (Å²) in [6.45, 7) is 1.61. The summed E-state index contributed by atoms with van der Waals surface area (Å²) in [5, 5.41) is 0. The zero-order chi connectivity index (χ0) is 13.1. The smallest absolute Gasteiger partial charge is 0.381 e. The minimum Gasteiger partial charge on any atom is -0.485 e. The highest BCUT2D eigenvalue weighted by Crippen LogP contribution is 2.30. The van der Waals surface area contributed by atoms with Crippen molar-refractivity contribution in [1.29, 1.82) is 0 Å². The van der Waals surface area contributed by atoms with E-state index >= 15 is 0 Å². The predicted octanol–water partition coefficient (Wildman–Crippen LogP) is 1.50. The molecule has 2 rings (SSSR count). The first kappa shape index (κ1) is 12.3. The fourth-order valence-corrected chi connectivity index (χ4v) is 1.52. The number of carbonyl (C=O) groups excluding carboxylic acids is 2. The average molecular weight is 254 g/mol. The number of ether oxygens (including phenoxy) is 3. The molecule has 0 amide bonds. The minimum absolute atomic E-state index is 0.0320. The SMILES string of the molecule is CCOC(=O)C(F)Oc1ccc2c(c1)OCC2=O. The minimum atomic E-state index is -2.19. The van der Waals surface area contributed by atoms with Crippen molar-refractivity contribution < 1.29 is 28.2 Å². The summed E-state index contributed by atoms with van der Waals surface area (Å²) >= 11 is 0. The average Bonchev–Trinajstić information content (AvgIpc) is 2.71. The molecule has 1 heterocycles. The van der Waals surface area contributed by atoms with Crippen LogP contribution in [0.5, 0.6) is 11.5 Å². The molecule has 0 N–H and O–H groups in total. The molecule has 1 aliphatic rings. The highest BCUT2D eigenvalue weighted by atomic mass is 19.1. The second kappa shape index (κ2) is 5.03. The molecule has 6 heteroatoms. The van der Waals surface area contributed by atoms with Gasteiger partial charge in [-0.1, -0.05) is 0 Å². The first-order valence-electron chi connectivity index (χ1n) is 5.39. The van der Waals surface area contributed by atoms with Gasteiger partial charge in [-0.05, 0) is 19.1 Å². The second-order valence-electron chi connectivity index (χ2n) is 3.56. The number of rotatable bonds is 4. The zero-order valence-corrected chi connectivity index (χ0v) is 9.64. The van der Waals surface area contributed by atoms with Crippen LogP contribution >= 0.6 is 0 Å². The Morgan fingerprint density at radius 1 is 1.56 bits per heavy atom. The van der Waals surface area contributed by atoms with E-state index in [-0.39, 0.29) is 24.7 Å². The molecule has 0 radical (unpaired) electrons. The highest BCUT2D eigenvalue weighted by molar-refractivity contribution is 6.02. The quantitative estimate of drug-likeness (QED) is 0.762. The van der Waals surface area contributed by atoms with Gasteiger partial charge in [0.2, 0.25) is 5.78 Å². The molecule has 0 saturated heterocycles. The maximum Gasteiger partial charge on any atom is 0.381 e. The molecular weight excluding hydrogens is 243 g/mol. The van der Waals surface area contributed by atoms with E-state index in [0.29, 0.717) is 11.3 Å². The molecule has 5 nitrogen and oxygen atoms in total. The third-order valence-corrected chi connectivity index (χ3v) is 2.32. The standard InChI is InChI=1S/C12H11FO5/c1-2-16-12(15)11(13)18-7-3-4-8-9(14)6-17-10(8)5-7/h3-5,11H,2,6H2,1H3. The van der Waals surface area contributed by atoms with Crippen LogP contribution in [0.2, 0.25) is 0 Å². The van der Waals surface area contributed by atoms with E-state index in [1.165, 1.54) is 18.2 Å². The van der Waals surface area contributed by atoms with Crippen molar-refractivity contribution in [3.8, 4) is 11.5 Å². The Kier molecular flexibility index (Phi) is 3.45. The molecule has 0 aromatic heterocycles. The Morgan fingerprint density at radius 3 is 3.06 bits per heavy atom. The Morgan fingerprint density at radius 2 is 2.33 bits per heavy atom. The second-order valence-corrected chi connectivity index (χ2v) is 3.56. The fourth-order valence-electron chi connectivity index (χ4n) is 1.52. The van der Waals surface area contributed by atoms with Crippen LogP contribution in [0.25, 0.3) is 0 Å². The van der Waals surface area contributed by atoms with Crippen LogP contribution in [0.4, 0.5) is 4.39 Å². The zero-order valence-electron chi connectivity index (χ0n) is 9.64. The van der Waals surface area contributed by atoms with Gasteiger partial charge >= 0.3 is 12.3 Å². The number of hydrogen-bond acceptors (Lipinski definition) is 5. The number of esters is 1. The first-order chi connectivity index (χ1) is 8.61. The van der Waals surface area contributed by atoms with Crippen LogP contribution in [0.1, 0.15) is 17.3 Å². The van der Waals surface area contributed by atoms with E-state index in [9.17, 15) is 14.0 Å². The monoisotopic (exact) mass is 254 g/mol. The summed E-state index contributed by atoms with van der Waals surface area (Å²) in [5.41, 5.74) is 0.425. The predicted molar refractivity (Wildman–Crippen MR) is 58.4 cm³/mol. The Balaban J connectivity index is 2.07. The summed E-state index contributed by atoms with van der Waals surface area (Å²) < 4.78 is 27.6. The van der Waals surface area contributed by atoms with E-state index in [1.54, 1.807) is 6.92 Å². The molecule has 1 aliphatic heterocycles. The molecule has 1 aromatic rings. The largest absolute Gasteiger partial charge is 0.485 e. The molecule has 0 fully saturated rings. The number of hydrogen-bond donors (Lipinski definition) is 0. The first-order valence-corrected chi connectivity index (χ1v) is 5.39. The molecule has 0 bridgehead atoms. The van der Waals surface area contributed by atoms with Gasteiger partial charge in [0.15, 0.2) is 6.61 Å². The van der Waals surface area contributed by atoms with E-state index in [4.69, 9.17) is 9.47 Å². The van der Waals surface area contributed by atoms with E-state index in [1.807, 2.05) is 0 Å². The molecule has 0 saturated carbocycles. The van der Waals surface area contributed by atoms with Crippen LogP contribution in [-0.4, -0.2) is 31.3 Å². The van der Waals surface area contributed by atoms with Crippen molar-refractivity contribution in [1.82, 2.24) is 0 Å². The summed E-state index contributed by atoms with van der Waals surface area (Å²) in [6, 6.07) is 4.24. The molecule has 0 aliphatic carbocycles.